The summed E-state index contributed by atoms with van der Waals surface area (Å²) < 4.78 is 6.51. The van der Waals surface area contributed by atoms with Crippen LogP contribution < -0.4 is 5.56 Å². The summed E-state index contributed by atoms with van der Waals surface area (Å²) >= 11 is 1.20. The molecule has 0 aliphatic rings. The summed E-state index contributed by atoms with van der Waals surface area (Å²) in [6.07, 6.45) is -0.142. The molecule has 20 heavy (non-hydrogen) atoms. The van der Waals surface area contributed by atoms with E-state index in [2.05, 4.69) is 4.98 Å². The van der Waals surface area contributed by atoms with Crippen LogP contribution in [0.15, 0.2) is 34.2 Å². The first-order valence-electron chi connectivity index (χ1n) is 6.27. The third kappa shape index (κ3) is 3.19. The molecule has 0 N–H and O–H groups in total. The van der Waals surface area contributed by atoms with Crippen LogP contribution in [0.25, 0.3) is 10.9 Å². The number of carbonyl (C=O) groups is 1. The first kappa shape index (κ1) is 14.6. The zero-order valence-electron chi connectivity index (χ0n) is 11.6. The first-order valence-corrected chi connectivity index (χ1v) is 7.25. The minimum atomic E-state index is -0.313. The van der Waals surface area contributed by atoms with E-state index in [1.165, 1.54) is 16.3 Å². The van der Waals surface area contributed by atoms with Crippen LogP contribution in [0.5, 0.6) is 0 Å². The van der Waals surface area contributed by atoms with Crippen LogP contribution in [0.1, 0.15) is 13.8 Å². The molecule has 0 amide bonds. The van der Waals surface area contributed by atoms with E-state index < -0.39 is 0 Å². The molecule has 0 aliphatic heterocycles. The maximum absolute atomic E-state index is 12.2. The number of hydrogen-bond donors (Lipinski definition) is 0. The van der Waals surface area contributed by atoms with Crippen LogP contribution in [-0.2, 0) is 16.6 Å². The lowest BCUT2D eigenvalue weighted by Crippen LogP contribution is -2.21. The zero-order valence-corrected chi connectivity index (χ0v) is 12.4. The molecule has 106 valence electrons. The summed E-state index contributed by atoms with van der Waals surface area (Å²) in [5, 5.41) is 1.08. The normalized spacial score (nSPS) is 11.0. The molecule has 0 bridgehead atoms. The molecule has 0 saturated heterocycles. The standard InChI is InChI=1S/C14H16N2O3S/c1-9(2)19-12(17)8-20-14-15-11-7-5-4-6-10(11)13(18)16(14)3/h4-7,9H,8H2,1-3H3. The Bertz CT molecular complexity index is 694. The Hall–Kier alpha value is -1.82. The van der Waals surface area contributed by atoms with E-state index in [1.807, 2.05) is 6.07 Å². The van der Waals surface area contributed by atoms with Crippen molar-refractivity contribution in [3.05, 3.63) is 34.6 Å². The van der Waals surface area contributed by atoms with E-state index in [-0.39, 0.29) is 23.4 Å². The summed E-state index contributed by atoms with van der Waals surface area (Å²) in [5.74, 6) is -0.177. The zero-order chi connectivity index (χ0) is 14.7. The van der Waals surface area contributed by atoms with Crippen LogP contribution in [-0.4, -0.2) is 27.4 Å². The van der Waals surface area contributed by atoms with Gasteiger partial charge in [0.25, 0.3) is 5.56 Å². The Morgan fingerprint density at radius 1 is 1.40 bits per heavy atom. The van der Waals surface area contributed by atoms with Gasteiger partial charge in [-0.05, 0) is 26.0 Å². The van der Waals surface area contributed by atoms with E-state index in [1.54, 1.807) is 39.1 Å². The third-order valence-corrected chi connectivity index (χ3v) is 3.63. The summed E-state index contributed by atoms with van der Waals surface area (Å²) in [7, 11) is 1.65. The van der Waals surface area contributed by atoms with Crippen molar-refractivity contribution in [2.75, 3.05) is 5.75 Å². The highest BCUT2D eigenvalue weighted by molar-refractivity contribution is 7.99. The highest BCUT2D eigenvalue weighted by atomic mass is 32.2. The summed E-state index contributed by atoms with van der Waals surface area (Å²) in [4.78, 5) is 28.1. The Morgan fingerprint density at radius 3 is 2.80 bits per heavy atom. The van der Waals surface area contributed by atoms with Gasteiger partial charge >= 0.3 is 5.97 Å². The molecule has 2 aromatic rings. The number of benzene rings is 1. The third-order valence-electron chi connectivity index (χ3n) is 2.63. The lowest BCUT2D eigenvalue weighted by Gasteiger charge is -2.10. The quantitative estimate of drug-likeness (QED) is 0.490. The average Bonchev–Trinajstić information content (AvgIpc) is 2.40. The van der Waals surface area contributed by atoms with Crippen LogP contribution in [0.3, 0.4) is 0 Å². The van der Waals surface area contributed by atoms with Gasteiger partial charge in [-0.15, -0.1) is 0 Å². The van der Waals surface area contributed by atoms with Gasteiger partial charge in [-0.25, -0.2) is 4.98 Å². The molecule has 5 nitrogen and oxygen atoms in total. The van der Waals surface area contributed by atoms with Crippen molar-refractivity contribution >= 4 is 28.6 Å². The van der Waals surface area contributed by atoms with E-state index in [0.717, 1.165) is 0 Å². The largest absolute Gasteiger partial charge is 0.462 e. The molecule has 0 spiro atoms. The van der Waals surface area contributed by atoms with Gasteiger partial charge in [0.05, 0.1) is 22.8 Å². The van der Waals surface area contributed by atoms with Crippen molar-refractivity contribution in [1.29, 1.82) is 0 Å². The molecule has 0 radical (unpaired) electrons. The van der Waals surface area contributed by atoms with Gasteiger partial charge in [-0.2, -0.15) is 0 Å². The number of carbonyl (C=O) groups excluding carboxylic acids is 1. The smallest absolute Gasteiger partial charge is 0.316 e. The number of esters is 1. The summed E-state index contributed by atoms with van der Waals surface area (Å²) in [6.45, 7) is 3.60. The van der Waals surface area contributed by atoms with Gasteiger partial charge in [0, 0.05) is 7.05 Å². The molecule has 1 aromatic heterocycles. The van der Waals surface area contributed by atoms with Gasteiger partial charge in [0.15, 0.2) is 5.16 Å². The Labute approximate surface area is 121 Å². The first-order chi connectivity index (χ1) is 9.49. The van der Waals surface area contributed by atoms with Crippen LogP contribution in [0, 0.1) is 0 Å². The molecule has 0 fully saturated rings. The second-order valence-electron chi connectivity index (χ2n) is 4.60. The molecule has 0 unspecified atom stereocenters. The van der Waals surface area contributed by atoms with E-state index >= 15 is 0 Å². The number of nitrogens with zero attached hydrogens (tertiary/aromatic N) is 2. The van der Waals surface area contributed by atoms with E-state index in [9.17, 15) is 9.59 Å². The summed E-state index contributed by atoms with van der Waals surface area (Å²) in [5.41, 5.74) is 0.519. The Kier molecular flexibility index (Phi) is 4.44. The second kappa shape index (κ2) is 6.09. The number of ether oxygens (including phenoxy) is 1. The lowest BCUT2D eigenvalue weighted by molar-refractivity contribution is -0.144. The van der Waals surface area contributed by atoms with Crippen molar-refractivity contribution in [3.8, 4) is 0 Å². The fraction of sp³-hybridized carbons (Fsp3) is 0.357. The molecule has 2 rings (SSSR count). The van der Waals surface area contributed by atoms with Gasteiger partial charge in [0.1, 0.15) is 0 Å². The van der Waals surface area contributed by atoms with Crippen molar-refractivity contribution in [2.45, 2.75) is 25.1 Å². The lowest BCUT2D eigenvalue weighted by atomic mass is 10.2. The minimum absolute atomic E-state index is 0.115. The van der Waals surface area contributed by atoms with Crippen molar-refractivity contribution < 1.29 is 9.53 Å². The topological polar surface area (TPSA) is 61.2 Å². The molecule has 0 atom stereocenters. The van der Waals surface area contributed by atoms with Crippen molar-refractivity contribution in [2.24, 2.45) is 7.05 Å². The Morgan fingerprint density at radius 2 is 2.10 bits per heavy atom. The number of rotatable bonds is 4. The van der Waals surface area contributed by atoms with Crippen molar-refractivity contribution in [3.63, 3.8) is 0 Å². The minimum Gasteiger partial charge on any atom is -0.462 e. The van der Waals surface area contributed by atoms with Crippen LogP contribution in [0.4, 0.5) is 0 Å². The van der Waals surface area contributed by atoms with E-state index in [0.29, 0.717) is 16.1 Å². The average molecular weight is 292 g/mol. The number of para-hydroxylation sites is 1. The molecule has 0 aliphatic carbocycles. The highest BCUT2D eigenvalue weighted by Gasteiger charge is 2.11. The maximum Gasteiger partial charge on any atom is 0.316 e. The second-order valence-corrected chi connectivity index (χ2v) is 5.55. The summed E-state index contributed by atoms with van der Waals surface area (Å²) in [6, 6.07) is 7.16. The van der Waals surface area contributed by atoms with Crippen LogP contribution in [0.2, 0.25) is 0 Å². The molecular formula is C14H16N2O3S. The van der Waals surface area contributed by atoms with Crippen molar-refractivity contribution in [1.82, 2.24) is 9.55 Å². The fourth-order valence-corrected chi connectivity index (χ4v) is 2.50. The molecule has 1 heterocycles. The van der Waals surface area contributed by atoms with Gasteiger partial charge in [-0.1, -0.05) is 23.9 Å². The molecular weight excluding hydrogens is 276 g/mol. The predicted octanol–water partition coefficient (Wildman–Crippen LogP) is 1.98. The number of hydrogen-bond acceptors (Lipinski definition) is 5. The maximum atomic E-state index is 12.2. The van der Waals surface area contributed by atoms with E-state index in [4.69, 9.17) is 4.74 Å². The highest BCUT2D eigenvalue weighted by Crippen LogP contribution is 2.17. The molecule has 0 saturated carbocycles. The number of aromatic nitrogens is 2. The predicted molar refractivity (Wildman–Crippen MR) is 78.9 cm³/mol. The van der Waals surface area contributed by atoms with Gasteiger partial charge in [-0.3, -0.25) is 14.2 Å². The number of thioether (sulfide) groups is 1. The fourth-order valence-electron chi connectivity index (χ4n) is 1.75. The van der Waals surface area contributed by atoms with Gasteiger partial charge in [0.2, 0.25) is 0 Å². The van der Waals surface area contributed by atoms with Gasteiger partial charge < -0.3 is 4.74 Å². The SMILES string of the molecule is CC(C)OC(=O)CSc1nc2ccccc2c(=O)n1C. The monoisotopic (exact) mass is 292 g/mol. The number of fused-ring (bicyclic) bond motifs is 1. The Balaban J connectivity index is 2.25. The molecule has 6 heteroatoms. The molecule has 1 aromatic carbocycles. The van der Waals surface area contributed by atoms with Crippen LogP contribution >= 0.6 is 11.8 Å².